The van der Waals surface area contributed by atoms with E-state index in [0.29, 0.717) is 31.3 Å². The summed E-state index contributed by atoms with van der Waals surface area (Å²) < 4.78 is 29.0. The quantitative estimate of drug-likeness (QED) is 0.890. The average molecular weight is 351 g/mol. The Morgan fingerprint density at radius 1 is 1.38 bits per heavy atom. The van der Waals surface area contributed by atoms with E-state index in [9.17, 15) is 8.42 Å². The van der Waals surface area contributed by atoms with E-state index < -0.39 is 10.0 Å². The summed E-state index contributed by atoms with van der Waals surface area (Å²) in [6.07, 6.45) is 4.16. The minimum atomic E-state index is -3.57. The van der Waals surface area contributed by atoms with E-state index >= 15 is 0 Å². The Morgan fingerprint density at radius 2 is 2.12 bits per heavy atom. The SMILES string of the molecule is Cc1nc(S(=O)(=O)N2CCc3[nH]nc(CCC(C)C)c3C2)cn1C. The minimum Gasteiger partial charge on any atom is -0.337 e. The smallest absolute Gasteiger partial charge is 0.262 e. The lowest BCUT2D eigenvalue weighted by Gasteiger charge is -2.25. The van der Waals surface area contributed by atoms with Crippen LogP contribution in [-0.2, 0) is 36.5 Å². The number of hydrogen-bond acceptors (Lipinski definition) is 4. The van der Waals surface area contributed by atoms with Gasteiger partial charge in [0.15, 0.2) is 5.03 Å². The van der Waals surface area contributed by atoms with Crippen LogP contribution < -0.4 is 0 Å². The molecule has 1 aliphatic rings. The van der Waals surface area contributed by atoms with Crippen LogP contribution in [0.2, 0.25) is 0 Å². The van der Waals surface area contributed by atoms with Crippen molar-refractivity contribution in [3.8, 4) is 0 Å². The van der Waals surface area contributed by atoms with E-state index in [4.69, 9.17) is 0 Å². The molecule has 132 valence electrons. The van der Waals surface area contributed by atoms with Gasteiger partial charge in [-0.1, -0.05) is 13.8 Å². The number of H-pyrrole nitrogens is 1. The molecule has 3 rings (SSSR count). The summed E-state index contributed by atoms with van der Waals surface area (Å²) in [5.41, 5.74) is 3.10. The van der Waals surface area contributed by atoms with Gasteiger partial charge in [0.25, 0.3) is 10.0 Å². The van der Waals surface area contributed by atoms with Gasteiger partial charge >= 0.3 is 0 Å². The molecule has 0 amide bonds. The Balaban J connectivity index is 1.85. The number of aromatic amines is 1. The number of hydrogen-bond donors (Lipinski definition) is 1. The fraction of sp³-hybridized carbons (Fsp3) is 0.625. The lowest BCUT2D eigenvalue weighted by molar-refractivity contribution is 0.386. The first-order chi connectivity index (χ1) is 11.3. The zero-order valence-electron chi connectivity index (χ0n) is 14.7. The highest BCUT2D eigenvalue weighted by Gasteiger charge is 2.32. The fourth-order valence-corrected chi connectivity index (χ4v) is 4.38. The van der Waals surface area contributed by atoms with Crippen molar-refractivity contribution >= 4 is 10.0 Å². The molecular weight excluding hydrogens is 326 g/mol. The van der Waals surface area contributed by atoms with Crippen molar-refractivity contribution in [2.75, 3.05) is 6.54 Å². The Bertz CT molecular complexity index is 815. The van der Waals surface area contributed by atoms with Crippen LogP contribution in [0.4, 0.5) is 0 Å². The predicted molar refractivity (Wildman–Crippen MR) is 91.0 cm³/mol. The molecule has 2 aromatic heterocycles. The van der Waals surface area contributed by atoms with E-state index in [0.717, 1.165) is 29.8 Å². The number of rotatable bonds is 5. The molecule has 0 fully saturated rings. The summed E-state index contributed by atoms with van der Waals surface area (Å²) in [5.74, 6) is 1.28. The molecule has 0 aliphatic carbocycles. The second kappa shape index (κ2) is 6.33. The summed E-state index contributed by atoms with van der Waals surface area (Å²) in [4.78, 5) is 4.19. The highest BCUT2D eigenvalue weighted by Crippen LogP contribution is 2.26. The highest BCUT2D eigenvalue weighted by molar-refractivity contribution is 7.89. The lowest BCUT2D eigenvalue weighted by Crippen LogP contribution is -2.36. The van der Waals surface area contributed by atoms with E-state index in [1.165, 1.54) is 4.31 Å². The van der Waals surface area contributed by atoms with Crippen LogP contribution in [0, 0.1) is 12.8 Å². The summed E-state index contributed by atoms with van der Waals surface area (Å²) in [7, 11) is -1.77. The van der Waals surface area contributed by atoms with Crippen molar-refractivity contribution in [3.05, 3.63) is 29.0 Å². The summed E-state index contributed by atoms with van der Waals surface area (Å²) in [6.45, 7) is 6.99. The number of imidazole rings is 1. The van der Waals surface area contributed by atoms with Crippen LogP contribution in [0.5, 0.6) is 0 Å². The summed E-state index contributed by atoms with van der Waals surface area (Å²) >= 11 is 0. The zero-order chi connectivity index (χ0) is 17.5. The molecule has 0 aromatic carbocycles. The van der Waals surface area contributed by atoms with E-state index in [1.54, 1.807) is 24.7 Å². The summed E-state index contributed by atoms with van der Waals surface area (Å²) in [5, 5.41) is 7.62. The molecule has 1 N–H and O–H groups in total. The van der Waals surface area contributed by atoms with Gasteiger partial charge in [0.2, 0.25) is 0 Å². The number of nitrogens with zero attached hydrogens (tertiary/aromatic N) is 4. The second-order valence-corrected chi connectivity index (χ2v) is 8.77. The van der Waals surface area contributed by atoms with E-state index in [2.05, 4.69) is 29.0 Å². The highest BCUT2D eigenvalue weighted by atomic mass is 32.2. The molecule has 0 saturated carbocycles. The monoisotopic (exact) mass is 351 g/mol. The first kappa shape index (κ1) is 17.2. The number of aryl methyl sites for hydroxylation is 3. The maximum Gasteiger partial charge on any atom is 0.262 e. The van der Waals surface area contributed by atoms with Crippen molar-refractivity contribution in [2.24, 2.45) is 13.0 Å². The Labute approximate surface area is 143 Å². The molecule has 2 aromatic rings. The molecular formula is C16H25N5O2S. The van der Waals surface area contributed by atoms with Gasteiger partial charge in [-0.25, -0.2) is 13.4 Å². The van der Waals surface area contributed by atoms with Crippen LogP contribution in [-0.4, -0.2) is 39.0 Å². The number of sulfonamides is 1. The molecule has 0 atom stereocenters. The average Bonchev–Trinajstić information content (AvgIpc) is 3.08. The minimum absolute atomic E-state index is 0.123. The van der Waals surface area contributed by atoms with Gasteiger partial charge in [-0.3, -0.25) is 5.10 Å². The second-order valence-electron chi connectivity index (χ2n) is 6.89. The van der Waals surface area contributed by atoms with Gasteiger partial charge in [-0.05, 0) is 25.7 Å². The Morgan fingerprint density at radius 3 is 2.75 bits per heavy atom. The Kier molecular flexibility index (Phi) is 4.52. The maximum absolute atomic E-state index is 12.9. The molecule has 0 saturated heterocycles. The molecule has 0 radical (unpaired) electrons. The van der Waals surface area contributed by atoms with Crippen molar-refractivity contribution in [1.29, 1.82) is 0 Å². The molecule has 0 bridgehead atoms. The van der Waals surface area contributed by atoms with Crippen molar-refractivity contribution in [2.45, 2.75) is 51.6 Å². The van der Waals surface area contributed by atoms with Crippen molar-refractivity contribution in [3.63, 3.8) is 0 Å². The van der Waals surface area contributed by atoms with E-state index in [-0.39, 0.29) is 5.03 Å². The summed E-state index contributed by atoms with van der Waals surface area (Å²) in [6, 6.07) is 0. The molecule has 1 aliphatic heterocycles. The van der Waals surface area contributed by atoms with Crippen LogP contribution >= 0.6 is 0 Å². The van der Waals surface area contributed by atoms with Crippen LogP contribution in [0.1, 0.15) is 43.0 Å². The third kappa shape index (κ3) is 3.12. The number of nitrogens with one attached hydrogen (secondary N) is 1. The van der Waals surface area contributed by atoms with Gasteiger partial charge in [0.1, 0.15) is 5.82 Å². The fourth-order valence-electron chi connectivity index (χ4n) is 2.95. The van der Waals surface area contributed by atoms with Crippen molar-refractivity contribution < 1.29 is 8.42 Å². The standard InChI is InChI=1S/C16H25N5O2S/c1-11(2)5-6-14-13-9-21(8-7-15(13)19-18-14)24(22,23)16-10-20(4)12(3)17-16/h10-11H,5-9H2,1-4H3,(H,18,19). The molecule has 8 heteroatoms. The van der Waals surface area contributed by atoms with Gasteiger partial charge < -0.3 is 4.57 Å². The molecule has 7 nitrogen and oxygen atoms in total. The van der Waals surface area contributed by atoms with Gasteiger partial charge in [-0.15, -0.1) is 0 Å². The van der Waals surface area contributed by atoms with Gasteiger partial charge in [0.05, 0.1) is 5.69 Å². The predicted octanol–water partition coefficient (Wildman–Crippen LogP) is 1.79. The lowest BCUT2D eigenvalue weighted by atomic mass is 10.0. The van der Waals surface area contributed by atoms with Crippen LogP contribution in [0.15, 0.2) is 11.2 Å². The molecule has 0 unspecified atom stereocenters. The maximum atomic E-state index is 12.9. The zero-order valence-corrected chi connectivity index (χ0v) is 15.5. The first-order valence-electron chi connectivity index (χ1n) is 8.34. The van der Waals surface area contributed by atoms with Crippen LogP contribution in [0.3, 0.4) is 0 Å². The molecule has 0 spiro atoms. The first-order valence-corrected chi connectivity index (χ1v) is 9.78. The van der Waals surface area contributed by atoms with Crippen molar-refractivity contribution in [1.82, 2.24) is 24.1 Å². The molecule has 24 heavy (non-hydrogen) atoms. The number of aromatic nitrogens is 4. The largest absolute Gasteiger partial charge is 0.337 e. The normalized spacial score (nSPS) is 15.9. The third-order valence-corrected chi connectivity index (χ3v) is 6.35. The topological polar surface area (TPSA) is 83.9 Å². The third-order valence-electron chi connectivity index (χ3n) is 4.63. The van der Waals surface area contributed by atoms with Crippen LogP contribution in [0.25, 0.3) is 0 Å². The van der Waals surface area contributed by atoms with Gasteiger partial charge in [-0.2, -0.15) is 9.40 Å². The Hall–Kier alpha value is -1.67. The molecule has 3 heterocycles. The number of fused-ring (bicyclic) bond motifs is 1. The van der Waals surface area contributed by atoms with Gasteiger partial charge in [0, 0.05) is 44.0 Å². The van der Waals surface area contributed by atoms with E-state index in [1.807, 2.05) is 0 Å².